The summed E-state index contributed by atoms with van der Waals surface area (Å²) < 4.78 is 0. The lowest BCUT2D eigenvalue weighted by atomic mass is 10.1. The smallest absolute Gasteiger partial charge is 0.242 e. The zero-order valence-corrected chi connectivity index (χ0v) is 18.3. The topological polar surface area (TPSA) is 40.6 Å². The molecule has 0 aliphatic carbocycles. The Hall–Kier alpha value is -2.14. The molecule has 0 aliphatic rings. The van der Waals surface area contributed by atoms with Crippen molar-refractivity contribution in [2.75, 3.05) is 13.1 Å². The van der Waals surface area contributed by atoms with Crippen molar-refractivity contribution in [3.63, 3.8) is 0 Å². The third-order valence-corrected chi connectivity index (χ3v) is 5.61. The molecule has 0 spiro atoms. The van der Waals surface area contributed by atoms with Crippen LogP contribution in [0.15, 0.2) is 42.5 Å². The number of rotatable bonds is 10. The third-order valence-electron chi connectivity index (χ3n) is 4.62. The average molecular weight is 401 g/mol. The summed E-state index contributed by atoms with van der Waals surface area (Å²) >= 11 is 1.71. The lowest BCUT2D eigenvalue weighted by Gasteiger charge is -2.28. The molecule has 0 unspecified atom stereocenters. The van der Waals surface area contributed by atoms with E-state index in [-0.39, 0.29) is 24.3 Å². The Balaban J connectivity index is 2.16. The Morgan fingerprint density at radius 1 is 1.00 bits per heavy atom. The van der Waals surface area contributed by atoms with Crippen LogP contribution < -0.4 is 0 Å². The zero-order valence-electron chi connectivity index (χ0n) is 17.5. The molecule has 1 aromatic heterocycles. The molecule has 1 aromatic carbocycles. The van der Waals surface area contributed by atoms with E-state index in [4.69, 9.17) is 0 Å². The number of carbonyl (C=O) groups excluding carboxylic acids is 2. The molecule has 0 atom stereocenters. The first-order valence-electron chi connectivity index (χ1n) is 10.1. The molecular formula is C23H32N2O2S. The molecule has 2 aromatic rings. The van der Waals surface area contributed by atoms with Crippen LogP contribution in [0, 0.1) is 12.8 Å². The van der Waals surface area contributed by atoms with Crippen LogP contribution in [0.5, 0.6) is 0 Å². The van der Waals surface area contributed by atoms with E-state index < -0.39 is 0 Å². The van der Waals surface area contributed by atoms with Crippen LogP contribution in [0.1, 0.15) is 48.9 Å². The minimum atomic E-state index is -0.104. The van der Waals surface area contributed by atoms with Crippen molar-refractivity contribution in [2.24, 2.45) is 5.92 Å². The minimum Gasteiger partial charge on any atom is -0.333 e. The standard InChI is InChI=1S/C23H32N2O2S/c1-5-6-14-24(23(27)18(2)3)17-22(26)25(15-20-10-8-7-9-11-20)16-21-13-12-19(4)28-21/h7-13,18H,5-6,14-17H2,1-4H3. The monoisotopic (exact) mass is 400 g/mol. The number of aryl methyl sites for hydroxylation is 1. The second kappa shape index (κ2) is 11.0. The summed E-state index contributed by atoms with van der Waals surface area (Å²) in [6.45, 7) is 9.86. The van der Waals surface area contributed by atoms with Crippen LogP contribution in [0.2, 0.25) is 0 Å². The highest BCUT2D eigenvalue weighted by Gasteiger charge is 2.23. The molecule has 28 heavy (non-hydrogen) atoms. The van der Waals surface area contributed by atoms with Gasteiger partial charge in [-0.2, -0.15) is 0 Å². The highest BCUT2D eigenvalue weighted by atomic mass is 32.1. The fraction of sp³-hybridized carbons (Fsp3) is 0.478. The molecule has 152 valence electrons. The number of hydrogen-bond donors (Lipinski definition) is 0. The van der Waals surface area contributed by atoms with Gasteiger partial charge in [-0.05, 0) is 31.0 Å². The van der Waals surface area contributed by atoms with Gasteiger partial charge in [-0.1, -0.05) is 57.5 Å². The van der Waals surface area contributed by atoms with Crippen LogP contribution in [0.4, 0.5) is 0 Å². The van der Waals surface area contributed by atoms with E-state index in [2.05, 4.69) is 26.0 Å². The Bertz CT molecular complexity index is 755. The van der Waals surface area contributed by atoms with E-state index in [1.165, 1.54) is 4.88 Å². The van der Waals surface area contributed by atoms with Gasteiger partial charge in [0.05, 0.1) is 13.1 Å². The van der Waals surface area contributed by atoms with Gasteiger partial charge in [-0.3, -0.25) is 9.59 Å². The van der Waals surface area contributed by atoms with E-state index >= 15 is 0 Å². The maximum atomic E-state index is 13.2. The molecule has 0 bridgehead atoms. The van der Waals surface area contributed by atoms with Crippen LogP contribution in [-0.2, 0) is 22.7 Å². The van der Waals surface area contributed by atoms with Crippen LogP contribution in [0.25, 0.3) is 0 Å². The molecule has 4 nitrogen and oxygen atoms in total. The number of amides is 2. The maximum absolute atomic E-state index is 13.2. The van der Waals surface area contributed by atoms with Crippen molar-refractivity contribution in [1.82, 2.24) is 9.80 Å². The summed E-state index contributed by atoms with van der Waals surface area (Å²) in [6, 6.07) is 14.2. The fourth-order valence-corrected chi connectivity index (χ4v) is 3.94. The number of benzene rings is 1. The molecular weight excluding hydrogens is 368 g/mol. The second-order valence-electron chi connectivity index (χ2n) is 7.52. The highest BCUT2D eigenvalue weighted by molar-refractivity contribution is 7.11. The van der Waals surface area contributed by atoms with Gasteiger partial charge in [-0.25, -0.2) is 0 Å². The molecule has 0 radical (unpaired) electrons. The fourth-order valence-electron chi connectivity index (χ4n) is 3.04. The Morgan fingerprint density at radius 3 is 2.29 bits per heavy atom. The summed E-state index contributed by atoms with van der Waals surface area (Å²) in [5.41, 5.74) is 1.10. The Morgan fingerprint density at radius 2 is 1.71 bits per heavy atom. The van der Waals surface area contributed by atoms with Gasteiger partial charge in [-0.15, -0.1) is 11.3 Å². The molecule has 0 aliphatic heterocycles. The zero-order chi connectivity index (χ0) is 20.5. The van der Waals surface area contributed by atoms with Gasteiger partial charge >= 0.3 is 0 Å². The second-order valence-corrected chi connectivity index (χ2v) is 8.89. The van der Waals surface area contributed by atoms with E-state index in [1.54, 1.807) is 16.2 Å². The minimum absolute atomic E-state index is 0.00000850. The number of hydrogen-bond acceptors (Lipinski definition) is 3. The number of carbonyl (C=O) groups is 2. The maximum Gasteiger partial charge on any atom is 0.242 e. The quantitative estimate of drug-likeness (QED) is 0.571. The molecule has 2 amide bonds. The van der Waals surface area contributed by atoms with Crippen molar-refractivity contribution in [1.29, 1.82) is 0 Å². The number of nitrogens with zero attached hydrogens (tertiary/aromatic N) is 2. The molecule has 0 N–H and O–H groups in total. The van der Waals surface area contributed by atoms with Gasteiger partial charge in [0, 0.05) is 28.8 Å². The highest BCUT2D eigenvalue weighted by Crippen LogP contribution is 2.19. The predicted molar refractivity (Wildman–Crippen MR) is 116 cm³/mol. The first kappa shape index (κ1) is 22.2. The summed E-state index contributed by atoms with van der Waals surface area (Å²) in [5, 5.41) is 0. The largest absolute Gasteiger partial charge is 0.333 e. The number of unbranched alkanes of at least 4 members (excludes halogenated alkanes) is 1. The Labute approximate surface area is 173 Å². The molecule has 1 heterocycles. The summed E-state index contributed by atoms with van der Waals surface area (Å²) in [6.07, 6.45) is 1.91. The van der Waals surface area contributed by atoms with E-state index in [1.807, 2.05) is 49.1 Å². The van der Waals surface area contributed by atoms with Gasteiger partial charge in [0.15, 0.2) is 0 Å². The van der Waals surface area contributed by atoms with Gasteiger partial charge in [0.2, 0.25) is 11.8 Å². The molecule has 0 saturated heterocycles. The van der Waals surface area contributed by atoms with E-state index in [0.29, 0.717) is 19.6 Å². The Kier molecular flexibility index (Phi) is 8.71. The molecule has 2 rings (SSSR count). The van der Waals surface area contributed by atoms with Crippen molar-refractivity contribution < 1.29 is 9.59 Å². The SMILES string of the molecule is CCCCN(CC(=O)N(Cc1ccccc1)Cc1ccc(C)s1)C(=O)C(C)C. The van der Waals surface area contributed by atoms with Crippen LogP contribution in [0.3, 0.4) is 0 Å². The third kappa shape index (κ3) is 6.79. The van der Waals surface area contributed by atoms with Crippen LogP contribution in [-0.4, -0.2) is 34.7 Å². The van der Waals surface area contributed by atoms with Gasteiger partial charge in [0.25, 0.3) is 0 Å². The normalized spacial score (nSPS) is 10.9. The molecule has 5 heteroatoms. The summed E-state index contributed by atoms with van der Waals surface area (Å²) in [5.74, 6) is -0.0550. The molecule has 0 saturated carbocycles. The lowest BCUT2D eigenvalue weighted by molar-refractivity contribution is -0.143. The first-order valence-corrected chi connectivity index (χ1v) is 10.9. The predicted octanol–water partition coefficient (Wildman–Crippen LogP) is 4.87. The van der Waals surface area contributed by atoms with E-state index in [0.717, 1.165) is 23.3 Å². The summed E-state index contributed by atoms with van der Waals surface area (Å²) in [4.78, 5) is 31.8. The van der Waals surface area contributed by atoms with Crippen molar-refractivity contribution in [2.45, 2.75) is 53.6 Å². The van der Waals surface area contributed by atoms with Crippen molar-refractivity contribution >= 4 is 23.2 Å². The first-order chi connectivity index (χ1) is 13.4. The lowest BCUT2D eigenvalue weighted by Crippen LogP contribution is -2.44. The molecule has 0 fully saturated rings. The number of thiophene rings is 1. The van der Waals surface area contributed by atoms with E-state index in [9.17, 15) is 9.59 Å². The van der Waals surface area contributed by atoms with Crippen molar-refractivity contribution in [3.05, 3.63) is 57.8 Å². The van der Waals surface area contributed by atoms with Gasteiger partial charge in [0.1, 0.15) is 0 Å². The van der Waals surface area contributed by atoms with Gasteiger partial charge < -0.3 is 9.80 Å². The van der Waals surface area contributed by atoms with Crippen molar-refractivity contribution in [3.8, 4) is 0 Å². The summed E-state index contributed by atoms with van der Waals surface area (Å²) in [7, 11) is 0. The van der Waals surface area contributed by atoms with Crippen LogP contribution >= 0.6 is 11.3 Å². The average Bonchev–Trinajstić information content (AvgIpc) is 3.09.